The Hall–Kier alpha value is -1.98. The number of hydrogen-bond donors (Lipinski definition) is 0. The van der Waals surface area contributed by atoms with Gasteiger partial charge in [0, 0.05) is 18.3 Å². The van der Waals surface area contributed by atoms with Gasteiger partial charge in [0.1, 0.15) is 5.82 Å². The van der Waals surface area contributed by atoms with Crippen molar-refractivity contribution in [3.63, 3.8) is 0 Å². The summed E-state index contributed by atoms with van der Waals surface area (Å²) >= 11 is 0. The van der Waals surface area contributed by atoms with Crippen LogP contribution in [0.5, 0.6) is 0 Å². The number of hydrogen-bond acceptors (Lipinski definition) is 4. The lowest BCUT2D eigenvalue weighted by molar-refractivity contribution is -0.525. The molecule has 1 aromatic rings. The van der Waals surface area contributed by atoms with Crippen LogP contribution in [-0.2, 0) is 16.0 Å². The highest BCUT2D eigenvalue weighted by molar-refractivity contribution is 5.65. The summed E-state index contributed by atoms with van der Waals surface area (Å²) in [4.78, 5) is 20.8. The second kappa shape index (κ2) is 5.93. The summed E-state index contributed by atoms with van der Waals surface area (Å²) in [6.07, 6.45) is 0.0978. The number of ether oxygens (including phenoxy) is 1. The number of nitrogens with zero attached hydrogens (tertiary/aromatic N) is 1. The molecule has 1 atom stereocenters. The second-order valence-corrected chi connectivity index (χ2v) is 3.57. The average molecular weight is 241 g/mol. The van der Waals surface area contributed by atoms with E-state index < -0.39 is 22.8 Å². The number of halogens is 1. The van der Waals surface area contributed by atoms with Crippen molar-refractivity contribution < 1.29 is 18.8 Å². The summed E-state index contributed by atoms with van der Waals surface area (Å²) < 4.78 is 17.2. The third-order valence-electron chi connectivity index (χ3n) is 2.16. The van der Waals surface area contributed by atoms with Gasteiger partial charge in [0.05, 0.1) is 0 Å². The molecule has 6 heteroatoms. The third kappa shape index (κ3) is 4.58. The maximum atomic E-state index is 12.6. The minimum Gasteiger partial charge on any atom is -0.459 e. The lowest BCUT2D eigenvalue weighted by Gasteiger charge is -2.09. The van der Waals surface area contributed by atoms with Gasteiger partial charge in [-0.2, -0.15) is 0 Å². The molecule has 0 aliphatic rings. The molecule has 0 amide bonds. The summed E-state index contributed by atoms with van der Waals surface area (Å²) in [5.41, 5.74) is 0.625. The van der Waals surface area contributed by atoms with Gasteiger partial charge in [0.2, 0.25) is 0 Å². The number of rotatable bonds is 5. The molecule has 92 valence electrons. The Morgan fingerprint density at radius 2 is 2.06 bits per heavy atom. The normalized spacial score (nSPS) is 11.9. The van der Waals surface area contributed by atoms with Gasteiger partial charge in [0.15, 0.2) is 6.61 Å². The molecule has 0 saturated carbocycles. The second-order valence-electron chi connectivity index (χ2n) is 3.57. The van der Waals surface area contributed by atoms with Crippen LogP contribution >= 0.6 is 0 Å². The first-order valence-electron chi connectivity index (χ1n) is 5.00. The quantitative estimate of drug-likeness (QED) is 0.446. The third-order valence-corrected chi connectivity index (χ3v) is 2.16. The van der Waals surface area contributed by atoms with Gasteiger partial charge < -0.3 is 4.74 Å². The summed E-state index contributed by atoms with van der Waals surface area (Å²) in [7, 11) is 0. The van der Waals surface area contributed by atoms with E-state index in [-0.39, 0.29) is 13.0 Å². The number of nitro groups is 1. The van der Waals surface area contributed by atoms with Gasteiger partial charge in [-0.15, -0.1) is 0 Å². The molecule has 0 saturated heterocycles. The first-order chi connectivity index (χ1) is 7.99. The fraction of sp³-hybridized carbons (Fsp3) is 0.364. The molecule has 0 aliphatic carbocycles. The lowest BCUT2D eigenvalue weighted by Crippen LogP contribution is -2.28. The molecule has 0 radical (unpaired) electrons. The van der Waals surface area contributed by atoms with Crippen LogP contribution in [0.15, 0.2) is 24.3 Å². The standard InChI is InChI=1S/C11H12FNO4/c1-8(14)17-7-11(13(15)16)6-9-2-4-10(12)5-3-9/h2-5,11H,6-7H2,1H3. The van der Waals surface area contributed by atoms with Gasteiger partial charge in [-0.05, 0) is 17.7 Å². The zero-order chi connectivity index (χ0) is 12.8. The van der Waals surface area contributed by atoms with E-state index in [0.29, 0.717) is 5.56 Å². The molecule has 17 heavy (non-hydrogen) atoms. The van der Waals surface area contributed by atoms with Crippen molar-refractivity contribution in [2.75, 3.05) is 6.61 Å². The van der Waals surface area contributed by atoms with E-state index in [1.807, 2.05) is 0 Å². The van der Waals surface area contributed by atoms with E-state index in [0.717, 1.165) is 0 Å². The highest BCUT2D eigenvalue weighted by atomic mass is 19.1. The highest BCUT2D eigenvalue weighted by Crippen LogP contribution is 2.08. The van der Waals surface area contributed by atoms with Crippen molar-refractivity contribution in [3.8, 4) is 0 Å². The van der Waals surface area contributed by atoms with Crippen LogP contribution in [0.2, 0.25) is 0 Å². The zero-order valence-electron chi connectivity index (χ0n) is 9.26. The fourth-order valence-electron chi connectivity index (χ4n) is 1.30. The van der Waals surface area contributed by atoms with Crippen LogP contribution < -0.4 is 0 Å². The van der Waals surface area contributed by atoms with Crippen molar-refractivity contribution in [1.82, 2.24) is 0 Å². The summed E-state index contributed by atoms with van der Waals surface area (Å²) in [6, 6.07) is 4.40. The molecular formula is C11H12FNO4. The molecule has 0 bridgehead atoms. The van der Waals surface area contributed by atoms with E-state index in [4.69, 9.17) is 0 Å². The number of carbonyl (C=O) groups excluding carboxylic acids is 1. The van der Waals surface area contributed by atoms with Crippen LogP contribution in [0.3, 0.4) is 0 Å². The topological polar surface area (TPSA) is 69.4 Å². The number of benzene rings is 1. The molecule has 1 rings (SSSR count). The molecule has 1 unspecified atom stereocenters. The Morgan fingerprint density at radius 3 is 2.53 bits per heavy atom. The maximum Gasteiger partial charge on any atom is 0.302 e. The SMILES string of the molecule is CC(=O)OCC(Cc1ccc(F)cc1)[N+](=O)[O-]. The van der Waals surface area contributed by atoms with Crippen molar-refractivity contribution in [2.24, 2.45) is 0 Å². The van der Waals surface area contributed by atoms with Gasteiger partial charge in [-0.25, -0.2) is 4.39 Å². The van der Waals surface area contributed by atoms with Crippen LogP contribution in [0.25, 0.3) is 0 Å². The first kappa shape index (κ1) is 13.1. The molecule has 0 aliphatic heterocycles. The lowest BCUT2D eigenvalue weighted by atomic mass is 10.1. The Balaban J connectivity index is 2.63. The molecule has 5 nitrogen and oxygen atoms in total. The predicted molar refractivity (Wildman–Crippen MR) is 57.5 cm³/mol. The molecule has 0 spiro atoms. The Kier molecular flexibility index (Phi) is 4.56. The Labute approximate surface area is 97.3 Å². The molecular weight excluding hydrogens is 229 g/mol. The van der Waals surface area contributed by atoms with Crippen molar-refractivity contribution in [3.05, 3.63) is 45.8 Å². The Morgan fingerprint density at radius 1 is 1.47 bits per heavy atom. The zero-order valence-corrected chi connectivity index (χ0v) is 9.26. The molecule has 0 aromatic heterocycles. The minimum absolute atomic E-state index is 0.0978. The largest absolute Gasteiger partial charge is 0.459 e. The van der Waals surface area contributed by atoms with Gasteiger partial charge >= 0.3 is 5.97 Å². The molecule has 0 fully saturated rings. The predicted octanol–water partition coefficient (Wildman–Crippen LogP) is 1.58. The minimum atomic E-state index is -1.01. The summed E-state index contributed by atoms with van der Waals surface area (Å²) in [5.74, 6) is -0.956. The van der Waals surface area contributed by atoms with Crippen LogP contribution in [0.4, 0.5) is 4.39 Å². The molecule has 0 heterocycles. The molecule has 0 N–H and O–H groups in total. The average Bonchev–Trinajstić information content (AvgIpc) is 2.26. The molecule has 1 aromatic carbocycles. The van der Waals surface area contributed by atoms with Gasteiger partial charge in [-0.3, -0.25) is 14.9 Å². The summed E-state index contributed by atoms with van der Waals surface area (Å²) in [6.45, 7) is 0.911. The van der Waals surface area contributed by atoms with Crippen molar-refractivity contribution >= 4 is 5.97 Å². The van der Waals surface area contributed by atoms with E-state index in [1.54, 1.807) is 0 Å². The smallest absolute Gasteiger partial charge is 0.302 e. The fourth-order valence-corrected chi connectivity index (χ4v) is 1.30. The van der Waals surface area contributed by atoms with E-state index in [2.05, 4.69) is 4.74 Å². The van der Waals surface area contributed by atoms with E-state index >= 15 is 0 Å². The monoisotopic (exact) mass is 241 g/mol. The van der Waals surface area contributed by atoms with Crippen molar-refractivity contribution in [1.29, 1.82) is 0 Å². The van der Waals surface area contributed by atoms with Crippen LogP contribution in [-0.4, -0.2) is 23.5 Å². The van der Waals surface area contributed by atoms with Crippen molar-refractivity contribution in [2.45, 2.75) is 19.4 Å². The maximum absolute atomic E-state index is 12.6. The first-order valence-corrected chi connectivity index (χ1v) is 5.00. The summed E-state index contributed by atoms with van der Waals surface area (Å²) in [5, 5.41) is 10.7. The van der Waals surface area contributed by atoms with Crippen LogP contribution in [0.1, 0.15) is 12.5 Å². The number of esters is 1. The van der Waals surface area contributed by atoms with Crippen LogP contribution in [0, 0.1) is 15.9 Å². The van der Waals surface area contributed by atoms with E-state index in [1.165, 1.54) is 31.2 Å². The van der Waals surface area contributed by atoms with Gasteiger partial charge in [0.25, 0.3) is 6.04 Å². The Bertz CT molecular complexity index is 404. The van der Waals surface area contributed by atoms with Gasteiger partial charge in [-0.1, -0.05) is 12.1 Å². The highest BCUT2D eigenvalue weighted by Gasteiger charge is 2.22. The van der Waals surface area contributed by atoms with E-state index in [9.17, 15) is 19.3 Å². The number of carbonyl (C=O) groups is 1.